The molecule has 144 valence electrons. The lowest BCUT2D eigenvalue weighted by molar-refractivity contribution is 0.0696. The van der Waals surface area contributed by atoms with Crippen LogP contribution in [-0.2, 0) is 13.5 Å². The number of hydrogen-bond donors (Lipinski definition) is 1. The topological polar surface area (TPSA) is 116 Å². The van der Waals surface area contributed by atoms with Gasteiger partial charge in [-0.25, -0.2) is 19.4 Å². The van der Waals surface area contributed by atoms with Crippen molar-refractivity contribution in [2.45, 2.75) is 6.42 Å². The molecule has 0 fully saturated rings. The fourth-order valence-corrected chi connectivity index (χ4v) is 2.84. The maximum Gasteiger partial charge on any atom is 0.338 e. The number of rotatable bonds is 5. The van der Waals surface area contributed by atoms with Gasteiger partial charge in [0.1, 0.15) is 11.4 Å². The van der Waals surface area contributed by atoms with Crippen molar-refractivity contribution in [1.29, 1.82) is 0 Å². The molecule has 4 aromatic rings. The van der Waals surface area contributed by atoms with Gasteiger partial charge in [-0.1, -0.05) is 18.2 Å². The van der Waals surface area contributed by atoms with E-state index < -0.39 is 5.97 Å². The number of aromatic carboxylic acids is 1. The molecule has 0 saturated heterocycles. The quantitative estimate of drug-likeness (QED) is 0.553. The zero-order valence-corrected chi connectivity index (χ0v) is 15.4. The Morgan fingerprint density at radius 3 is 2.62 bits per heavy atom. The van der Waals surface area contributed by atoms with E-state index in [1.165, 1.54) is 18.5 Å². The van der Waals surface area contributed by atoms with Gasteiger partial charge in [-0.3, -0.25) is 9.48 Å². The fraction of sp³-hybridized carbons (Fsp3) is 0.100. The molecule has 9 nitrogen and oxygen atoms in total. The Morgan fingerprint density at radius 2 is 1.93 bits per heavy atom. The molecule has 3 aromatic heterocycles. The first-order chi connectivity index (χ1) is 14.0. The number of carboxylic acids is 1. The van der Waals surface area contributed by atoms with Gasteiger partial charge in [0.2, 0.25) is 5.43 Å². The lowest BCUT2D eigenvalue weighted by Gasteiger charge is -2.07. The summed E-state index contributed by atoms with van der Waals surface area (Å²) in [5.41, 5.74) is 2.61. The summed E-state index contributed by atoms with van der Waals surface area (Å²) in [5, 5.41) is 17.5. The highest BCUT2D eigenvalue weighted by Gasteiger charge is 2.10. The molecule has 4 rings (SSSR count). The second kappa shape index (κ2) is 7.47. The average Bonchev–Trinajstić information content (AvgIpc) is 3.16. The van der Waals surface area contributed by atoms with Gasteiger partial charge < -0.3 is 5.11 Å². The van der Waals surface area contributed by atoms with Crippen LogP contribution in [0.1, 0.15) is 21.6 Å². The van der Waals surface area contributed by atoms with Gasteiger partial charge in [-0.2, -0.15) is 10.2 Å². The normalized spacial score (nSPS) is 10.8. The van der Waals surface area contributed by atoms with Gasteiger partial charge in [0.25, 0.3) is 0 Å². The first kappa shape index (κ1) is 18.2. The predicted molar refractivity (Wildman–Crippen MR) is 104 cm³/mol. The van der Waals surface area contributed by atoms with Gasteiger partial charge in [0, 0.05) is 43.7 Å². The van der Waals surface area contributed by atoms with Gasteiger partial charge >= 0.3 is 5.97 Å². The fourth-order valence-electron chi connectivity index (χ4n) is 2.84. The molecule has 1 N–H and O–H groups in total. The van der Waals surface area contributed by atoms with Crippen LogP contribution in [0.5, 0.6) is 0 Å². The molecule has 0 atom stereocenters. The van der Waals surface area contributed by atoms with E-state index in [2.05, 4.69) is 20.2 Å². The molecule has 0 radical (unpaired) electrons. The third kappa shape index (κ3) is 3.93. The summed E-state index contributed by atoms with van der Waals surface area (Å²) in [6.45, 7) is 0. The molecule has 0 aliphatic carbocycles. The molecule has 0 bridgehead atoms. The van der Waals surface area contributed by atoms with E-state index in [1.807, 2.05) is 31.3 Å². The van der Waals surface area contributed by atoms with Crippen LogP contribution in [0.15, 0.2) is 66.1 Å². The highest BCUT2D eigenvalue weighted by Crippen LogP contribution is 2.17. The van der Waals surface area contributed by atoms with E-state index in [9.17, 15) is 9.59 Å². The monoisotopic (exact) mass is 388 g/mol. The SMILES string of the molecule is Cn1cc(-n2ccc(=O)c(Cc3cccc(-c4ncc(C(=O)O)cn4)c3)n2)cn1. The summed E-state index contributed by atoms with van der Waals surface area (Å²) >= 11 is 0. The molecule has 9 heteroatoms. The maximum atomic E-state index is 12.3. The van der Waals surface area contributed by atoms with Gasteiger partial charge in [-0.15, -0.1) is 0 Å². The Hall–Kier alpha value is -4.14. The Kier molecular flexibility index (Phi) is 4.70. The van der Waals surface area contributed by atoms with Crippen LogP contribution in [-0.4, -0.2) is 40.6 Å². The van der Waals surface area contributed by atoms with Crippen LogP contribution in [0.3, 0.4) is 0 Å². The van der Waals surface area contributed by atoms with E-state index in [4.69, 9.17) is 5.11 Å². The zero-order valence-electron chi connectivity index (χ0n) is 15.4. The van der Waals surface area contributed by atoms with E-state index in [1.54, 1.807) is 28.0 Å². The summed E-state index contributed by atoms with van der Waals surface area (Å²) in [6, 6.07) is 8.89. The highest BCUT2D eigenvalue weighted by atomic mass is 16.4. The first-order valence-electron chi connectivity index (χ1n) is 8.72. The van der Waals surface area contributed by atoms with Gasteiger partial charge in [0.15, 0.2) is 5.82 Å². The molecule has 3 heterocycles. The van der Waals surface area contributed by atoms with E-state index >= 15 is 0 Å². The van der Waals surface area contributed by atoms with Crippen LogP contribution in [0.25, 0.3) is 17.1 Å². The molecule has 0 aliphatic rings. The molecule has 0 aliphatic heterocycles. The Labute approximate surface area is 164 Å². The van der Waals surface area contributed by atoms with Crippen molar-refractivity contribution in [2.24, 2.45) is 7.05 Å². The third-order valence-corrected chi connectivity index (χ3v) is 4.29. The third-order valence-electron chi connectivity index (χ3n) is 4.29. The minimum absolute atomic E-state index is 0.0225. The minimum Gasteiger partial charge on any atom is -0.478 e. The summed E-state index contributed by atoms with van der Waals surface area (Å²) in [5.74, 6) is -0.670. The lowest BCUT2D eigenvalue weighted by Crippen LogP contribution is -2.16. The number of carbonyl (C=O) groups is 1. The van der Waals surface area contributed by atoms with Crippen LogP contribution in [0, 0.1) is 0 Å². The summed E-state index contributed by atoms with van der Waals surface area (Å²) in [6.07, 6.45) is 7.95. The van der Waals surface area contributed by atoms with Crippen LogP contribution < -0.4 is 5.43 Å². The molecule has 29 heavy (non-hydrogen) atoms. The van der Waals surface area contributed by atoms with Crippen molar-refractivity contribution in [3.63, 3.8) is 0 Å². The summed E-state index contributed by atoms with van der Waals surface area (Å²) in [4.78, 5) is 31.5. The van der Waals surface area contributed by atoms with E-state index in [0.717, 1.165) is 16.8 Å². The van der Waals surface area contributed by atoms with Crippen molar-refractivity contribution in [2.75, 3.05) is 0 Å². The first-order valence-corrected chi connectivity index (χ1v) is 8.72. The highest BCUT2D eigenvalue weighted by molar-refractivity contribution is 5.86. The Bertz CT molecular complexity index is 1240. The number of benzene rings is 1. The minimum atomic E-state index is -1.08. The predicted octanol–water partition coefficient (Wildman–Crippen LogP) is 1.71. The molecular weight excluding hydrogens is 372 g/mol. The number of nitrogens with zero attached hydrogens (tertiary/aromatic N) is 6. The van der Waals surface area contributed by atoms with Crippen molar-refractivity contribution >= 4 is 5.97 Å². The van der Waals surface area contributed by atoms with Gasteiger partial charge in [-0.05, 0) is 11.6 Å². The van der Waals surface area contributed by atoms with Crippen LogP contribution >= 0.6 is 0 Å². The number of aryl methyl sites for hydroxylation is 1. The summed E-state index contributed by atoms with van der Waals surface area (Å²) < 4.78 is 3.27. The van der Waals surface area contributed by atoms with Crippen LogP contribution in [0.4, 0.5) is 0 Å². The number of aromatic nitrogens is 6. The Morgan fingerprint density at radius 1 is 1.14 bits per heavy atom. The summed E-state index contributed by atoms with van der Waals surface area (Å²) in [7, 11) is 1.81. The molecule has 0 unspecified atom stereocenters. The lowest BCUT2D eigenvalue weighted by atomic mass is 10.1. The van der Waals surface area contributed by atoms with Crippen molar-refractivity contribution in [3.05, 3.63) is 88.4 Å². The standard InChI is InChI=1S/C20H16N6O3/c1-25-12-16(11-23-25)26-6-5-18(27)17(24-26)8-13-3-2-4-14(7-13)19-21-9-15(10-22-19)20(28)29/h2-7,9-12H,8H2,1H3,(H,28,29). The Balaban J connectivity index is 1.63. The van der Waals surface area contributed by atoms with E-state index in [0.29, 0.717) is 17.9 Å². The zero-order chi connectivity index (χ0) is 20.4. The maximum absolute atomic E-state index is 12.3. The molecule has 0 amide bonds. The van der Waals surface area contributed by atoms with E-state index in [-0.39, 0.29) is 11.0 Å². The molecule has 0 saturated carbocycles. The van der Waals surface area contributed by atoms with Crippen molar-refractivity contribution in [1.82, 2.24) is 29.5 Å². The largest absolute Gasteiger partial charge is 0.478 e. The second-order valence-corrected chi connectivity index (χ2v) is 6.42. The second-order valence-electron chi connectivity index (χ2n) is 6.42. The molecule has 1 aromatic carbocycles. The van der Waals surface area contributed by atoms with Crippen molar-refractivity contribution < 1.29 is 9.90 Å². The van der Waals surface area contributed by atoms with Crippen LogP contribution in [0.2, 0.25) is 0 Å². The number of carboxylic acid groups (broad SMARTS) is 1. The van der Waals surface area contributed by atoms with Crippen molar-refractivity contribution in [3.8, 4) is 17.1 Å². The number of hydrogen-bond acceptors (Lipinski definition) is 6. The molecular formula is C20H16N6O3. The smallest absolute Gasteiger partial charge is 0.338 e. The average molecular weight is 388 g/mol. The molecule has 0 spiro atoms. The van der Waals surface area contributed by atoms with Gasteiger partial charge in [0.05, 0.1) is 18.0 Å².